The molecule has 1 saturated heterocycles. The highest BCUT2D eigenvalue weighted by molar-refractivity contribution is 5.74. The molecule has 2 aromatic heterocycles. The van der Waals surface area contributed by atoms with Crippen molar-refractivity contribution in [1.82, 2.24) is 29.8 Å². The smallest absolute Gasteiger partial charge is 0.317 e. The number of carbonyl (C=O) groups excluding carboxylic acids is 1. The van der Waals surface area contributed by atoms with Crippen LogP contribution < -0.4 is 10.2 Å². The van der Waals surface area contributed by atoms with Gasteiger partial charge in [-0.15, -0.1) is 0 Å². The Hall–Kier alpha value is -3.94. The Kier molecular flexibility index (Phi) is 6.12. The molecule has 1 fully saturated rings. The van der Waals surface area contributed by atoms with Crippen molar-refractivity contribution in [2.75, 3.05) is 31.1 Å². The molecule has 0 spiro atoms. The summed E-state index contributed by atoms with van der Waals surface area (Å²) in [6.45, 7) is 7.35. The summed E-state index contributed by atoms with van der Waals surface area (Å²) in [5.41, 5.74) is 5.62. The van der Waals surface area contributed by atoms with Crippen molar-refractivity contribution in [3.8, 4) is 0 Å². The molecule has 1 N–H and O–H groups in total. The number of piperazine rings is 1. The molecule has 0 radical (unpaired) electrons. The van der Waals surface area contributed by atoms with Gasteiger partial charge in [-0.3, -0.25) is 0 Å². The summed E-state index contributed by atoms with van der Waals surface area (Å²) in [6.07, 6.45) is 2.31. The van der Waals surface area contributed by atoms with Gasteiger partial charge in [-0.25, -0.2) is 9.78 Å². The van der Waals surface area contributed by atoms with E-state index in [4.69, 9.17) is 0 Å². The average molecular weight is 456 g/mol. The summed E-state index contributed by atoms with van der Waals surface area (Å²) in [5, 5.41) is 7.53. The van der Waals surface area contributed by atoms with E-state index in [1.54, 1.807) is 6.33 Å². The van der Waals surface area contributed by atoms with Gasteiger partial charge in [0.1, 0.15) is 12.1 Å². The zero-order valence-corrected chi connectivity index (χ0v) is 19.6. The van der Waals surface area contributed by atoms with E-state index >= 15 is 0 Å². The second kappa shape index (κ2) is 9.51. The number of hydrogen-bond acceptors (Lipinski definition) is 5. The minimum atomic E-state index is -0.0255. The minimum absolute atomic E-state index is 0.0255. The summed E-state index contributed by atoms with van der Waals surface area (Å²) in [5.74, 6) is 1.62. The molecule has 3 heterocycles. The van der Waals surface area contributed by atoms with Gasteiger partial charge < -0.3 is 15.1 Å². The van der Waals surface area contributed by atoms with Gasteiger partial charge in [0.15, 0.2) is 0 Å². The number of nitrogens with zero attached hydrogens (tertiary/aromatic N) is 6. The van der Waals surface area contributed by atoms with Gasteiger partial charge in [-0.2, -0.15) is 14.6 Å². The first kappa shape index (κ1) is 21.9. The zero-order chi connectivity index (χ0) is 23.5. The number of benzene rings is 2. The van der Waals surface area contributed by atoms with E-state index in [1.165, 1.54) is 11.1 Å². The summed E-state index contributed by atoms with van der Waals surface area (Å²) < 4.78 is 1.83. The lowest BCUT2D eigenvalue weighted by Crippen LogP contribution is -2.52. The molecule has 1 aliphatic heterocycles. The SMILES string of the molecule is Cc1cccc(CNC(=O)N2CCN(c3c(Cc4ccccc4)c(C)nc4ncnn34)CC2)c1. The number of anilines is 1. The molecule has 1 aliphatic rings. The Morgan fingerprint density at radius 2 is 1.74 bits per heavy atom. The summed E-state index contributed by atoms with van der Waals surface area (Å²) in [4.78, 5) is 26.0. The Balaban J connectivity index is 1.32. The zero-order valence-electron chi connectivity index (χ0n) is 19.6. The number of aromatic nitrogens is 4. The maximum Gasteiger partial charge on any atom is 0.317 e. The molecule has 0 unspecified atom stereocenters. The number of hydrogen-bond donors (Lipinski definition) is 1. The number of fused-ring (bicyclic) bond motifs is 1. The van der Waals surface area contributed by atoms with Crippen molar-refractivity contribution in [3.63, 3.8) is 0 Å². The Morgan fingerprint density at radius 1 is 0.971 bits per heavy atom. The van der Waals surface area contributed by atoms with Crippen LogP contribution in [0.15, 0.2) is 60.9 Å². The predicted octanol–water partition coefficient (Wildman–Crippen LogP) is 3.36. The van der Waals surface area contributed by atoms with Crippen LogP contribution in [0.5, 0.6) is 0 Å². The van der Waals surface area contributed by atoms with E-state index in [1.807, 2.05) is 34.5 Å². The van der Waals surface area contributed by atoms with E-state index in [9.17, 15) is 4.79 Å². The van der Waals surface area contributed by atoms with Crippen LogP contribution in [0.25, 0.3) is 5.78 Å². The highest BCUT2D eigenvalue weighted by Crippen LogP contribution is 2.27. The first-order chi connectivity index (χ1) is 16.6. The molecular weight excluding hydrogens is 426 g/mol. The van der Waals surface area contributed by atoms with Crippen LogP contribution >= 0.6 is 0 Å². The standard InChI is InChI=1S/C26H29N7O/c1-19-7-6-10-22(15-19)17-27-26(34)32-13-11-31(12-14-32)24-23(16-21-8-4-3-5-9-21)20(2)30-25-28-18-29-33(24)25/h3-10,15,18H,11-14,16-17H2,1-2H3,(H,27,34). The highest BCUT2D eigenvalue weighted by Gasteiger charge is 2.26. The second-order valence-corrected chi connectivity index (χ2v) is 8.76. The number of aryl methyl sites for hydroxylation is 2. The maximum absolute atomic E-state index is 12.8. The molecule has 34 heavy (non-hydrogen) atoms. The van der Waals surface area contributed by atoms with Crippen molar-refractivity contribution in [3.05, 3.63) is 88.9 Å². The molecular formula is C26H29N7O. The van der Waals surface area contributed by atoms with Crippen molar-refractivity contribution in [2.24, 2.45) is 0 Å². The van der Waals surface area contributed by atoms with Gasteiger partial charge in [0.25, 0.3) is 5.78 Å². The highest BCUT2D eigenvalue weighted by atomic mass is 16.2. The van der Waals surface area contributed by atoms with Crippen molar-refractivity contribution >= 4 is 17.6 Å². The molecule has 2 aromatic carbocycles. The van der Waals surface area contributed by atoms with Crippen LogP contribution in [0.3, 0.4) is 0 Å². The number of nitrogens with one attached hydrogen (secondary N) is 1. The fourth-order valence-corrected chi connectivity index (χ4v) is 4.53. The molecule has 0 saturated carbocycles. The normalized spacial score (nSPS) is 13.9. The molecule has 8 heteroatoms. The molecule has 0 aliphatic carbocycles. The molecule has 174 valence electrons. The van der Waals surface area contributed by atoms with Gasteiger partial charge in [0, 0.05) is 50.4 Å². The predicted molar refractivity (Wildman–Crippen MR) is 132 cm³/mol. The maximum atomic E-state index is 12.8. The Bertz CT molecular complexity index is 1290. The summed E-state index contributed by atoms with van der Waals surface area (Å²) >= 11 is 0. The first-order valence-corrected chi connectivity index (χ1v) is 11.6. The van der Waals surface area contributed by atoms with Crippen molar-refractivity contribution < 1.29 is 4.79 Å². The van der Waals surface area contributed by atoms with Crippen LogP contribution in [0.4, 0.5) is 10.6 Å². The topological polar surface area (TPSA) is 78.7 Å². The molecule has 0 bridgehead atoms. The van der Waals surface area contributed by atoms with Gasteiger partial charge in [-0.05, 0) is 25.0 Å². The third kappa shape index (κ3) is 4.57. The number of amides is 2. The van der Waals surface area contributed by atoms with E-state index < -0.39 is 0 Å². The van der Waals surface area contributed by atoms with Crippen LogP contribution in [-0.2, 0) is 13.0 Å². The van der Waals surface area contributed by atoms with E-state index in [2.05, 4.69) is 68.6 Å². The Labute approximate surface area is 199 Å². The van der Waals surface area contributed by atoms with Gasteiger partial charge >= 0.3 is 6.03 Å². The third-order valence-electron chi connectivity index (χ3n) is 6.32. The van der Waals surface area contributed by atoms with Crippen LogP contribution in [0.2, 0.25) is 0 Å². The third-order valence-corrected chi connectivity index (χ3v) is 6.32. The van der Waals surface area contributed by atoms with Crippen molar-refractivity contribution in [2.45, 2.75) is 26.8 Å². The molecule has 4 aromatic rings. The van der Waals surface area contributed by atoms with Crippen LogP contribution in [0.1, 0.15) is 27.9 Å². The van der Waals surface area contributed by atoms with E-state index in [-0.39, 0.29) is 6.03 Å². The summed E-state index contributed by atoms with van der Waals surface area (Å²) in [7, 11) is 0. The molecule has 2 amide bonds. The lowest BCUT2D eigenvalue weighted by atomic mass is 10.0. The fourth-order valence-electron chi connectivity index (χ4n) is 4.53. The van der Waals surface area contributed by atoms with Crippen LogP contribution in [-0.4, -0.2) is 56.7 Å². The number of urea groups is 1. The van der Waals surface area contributed by atoms with Gasteiger partial charge in [0.2, 0.25) is 0 Å². The summed E-state index contributed by atoms with van der Waals surface area (Å²) in [6, 6.07) is 18.6. The number of rotatable bonds is 5. The van der Waals surface area contributed by atoms with Crippen molar-refractivity contribution in [1.29, 1.82) is 0 Å². The largest absolute Gasteiger partial charge is 0.353 e. The quantitative estimate of drug-likeness (QED) is 0.499. The molecule has 8 nitrogen and oxygen atoms in total. The van der Waals surface area contributed by atoms with E-state index in [0.29, 0.717) is 25.4 Å². The Morgan fingerprint density at radius 3 is 2.50 bits per heavy atom. The van der Waals surface area contributed by atoms with Gasteiger partial charge in [-0.1, -0.05) is 60.2 Å². The number of carbonyl (C=O) groups is 1. The molecule has 5 rings (SSSR count). The van der Waals surface area contributed by atoms with Gasteiger partial charge in [0.05, 0.1) is 0 Å². The lowest BCUT2D eigenvalue weighted by molar-refractivity contribution is 0.193. The van der Waals surface area contributed by atoms with Crippen LogP contribution in [0, 0.1) is 13.8 Å². The first-order valence-electron chi connectivity index (χ1n) is 11.6. The lowest BCUT2D eigenvalue weighted by Gasteiger charge is -2.37. The van der Waals surface area contributed by atoms with E-state index in [0.717, 1.165) is 42.1 Å². The second-order valence-electron chi connectivity index (χ2n) is 8.76. The molecule has 0 atom stereocenters. The monoisotopic (exact) mass is 455 g/mol. The minimum Gasteiger partial charge on any atom is -0.353 e. The average Bonchev–Trinajstić information content (AvgIpc) is 3.32. The fraction of sp³-hybridized carbons (Fsp3) is 0.308.